The lowest BCUT2D eigenvalue weighted by Crippen LogP contribution is -2.32. The zero-order valence-electron chi connectivity index (χ0n) is 33.6. The Bertz CT molecular complexity index is 1580. The van der Waals surface area contributed by atoms with Crippen molar-refractivity contribution < 1.29 is 33.3 Å². The first-order valence-corrected chi connectivity index (χ1v) is 20.5. The summed E-state index contributed by atoms with van der Waals surface area (Å²) in [5.74, 6) is 0.477. The number of anilines is 1. The number of carbonyl (C=O) groups excluding carboxylic acids is 2. The van der Waals surface area contributed by atoms with Crippen LogP contribution < -0.4 is 11.1 Å². The smallest absolute Gasteiger partial charge is 0.250 e. The number of Topliss-reactive ketones (excluding diaryl/α,β-unsaturated/α-hetero) is 1. The molecule has 1 heterocycles. The van der Waals surface area contributed by atoms with Crippen molar-refractivity contribution in [3.05, 3.63) is 64.5 Å². The van der Waals surface area contributed by atoms with E-state index < -0.39 is 5.91 Å². The maximum Gasteiger partial charge on any atom is 0.250 e. The van der Waals surface area contributed by atoms with Gasteiger partial charge in [-0.1, -0.05) is 44.9 Å². The topological polar surface area (TPSA) is 139 Å². The number of primary amides is 1. The van der Waals surface area contributed by atoms with Gasteiger partial charge in [0.25, 0.3) is 5.91 Å². The molecule has 304 valence electrons. The number of hydrogen-bond acceptors (Lipinski definition) is 10. The van der Waals surface area contributed by atoms with E-state index in [4.69, 9.17) is 34.5 Å². The lowest BCUT2D eigenvalue weighted by Gasteiger charge is -2.29. The number of hydrogen-bond donors (Lipinski definition) is 2. The fraction of sp³-hybridized carbons (Fsp3) is 0.651. The van der Waals surface area contributed by atoms with Gasteiger partial charge in [0.2, 0.25) is 0 Å². The number of allylic oxidation sites excluding steroid dienone is 2. The number of benzene rings is 1. The van der Waals surface area contributed by atoms with Crippen molar-refractivity contribution in [2.45, 2.75) is 78.6 Å². The molecule has 0 saturated heterocycles. The summed E-state index contributed by atoms with van der Waals surface area (Å²) in [5, 5.41) is 8.04. The van der Waals surface area contributed by atoms with E-state index >= 15 is 0 Å². The van der Waals surface area contributed by atoms with E-state index in [0.717, 1.165) is 68.4 Å². The van der Waals surface area contributed by atoms with E-state index in [-0.39, 0.29) is 11.2 Å². The summed E-state index contributed by atoms with van der Waals surface area (Å²) in [6.45, 7) is 15.5. The summed E-state index contributed by atoms with van der Waals surface area (Å²) in [6.07, 6.45) is 16.5. The van der Waals surface area contributed by atoms with Crippen LogP contribution in [0.4, 0.5) is 5.69 Å². The van der Waals surface area contributed by atoms with Gasteiger partial charge in [-0.25, -0.2) is 4.68 Å². The van der Waals surface area contributed by atoms with Crippen molar-refractivity contribution in [3.8, 4) is 5.69 Å². The Hall–Kier alpha value is -3.39. The van der Waals surface area contributed by atoms with E-state index in [2.05, 4.69) is 42.3 Å². The SMILES string of the molecule is Cc1nn(-c2ccc(C(N)=O)c(NCCCOCCOCCOCCOCCOCCCN(CC3=CCC=C3)CC3CCCC3)c2)c2c1C(=O)CC(C)(C)C2. The van der Waals surface area contributed by atoms with Crippen molar-refractivity contribution >= 4 is 17.4 Å². The standard InChI is InChI=1S/C43H65N5O7/c1-33-41-39(29-43(2,3)30-40(41)49)48(46-33)36-14-15-37(42(44)50)38(28-36)45-16-8-18-51-20-22-53-24-26-55-27-25-54-23-21-52-19-9-17-47(31-34-10-4-5-11-34)32-35-12-6-7-13-35/h4,10-11,14-15,28,35,45H,5-9,12-13,16-27,29-32H2,1-3H3,(H2,44,50). The first-order chi connectivity index (χ1) is 26.7. The number of rotatable bonds is 27. The zero-order chi connectivity index (χ0) is 38.9. The number of ether oxygens (including phenoxy) is 5. The number of aryl methyl sites for hydroxylation is 1. The van der Waals surface area contributed by atoms with Gasteiger partial charge in [0.05, 0.1) is 81.1 Å². The fourth-order valence-corrected chi connectivity index (χ4v) is 7.82. The molecular weight excluding hydrogens is 699 g/mol. The number of fused-ring (bicyclic) bond motifs is 1. The van der Waals surface area contributed by atoms with Gasteiger partial charge in [-0.2, -0.15) is 5.10 Å². The van der Waals surface area contributed by atoms with Gasteiger partial charge in [0.1, 0.15) is 0 Å². The number of carbonyl (C=O) groups is 2. The van der Waals surface area contributed by atoms with Gasteiger partial charge in [-0.05, 0) is 80.6 Å². The third-order valence-electron chi connectivity index (χ3n) is 10.5. The van der Waals surface area contributed by atoms with Crippen LogP contribution in [0.15, 0.2) is 42.0 Å². The molecule has 0 radical (unpaired) electrons. The molecule has 12 heteroatoms. The number of nitrogens with zero attached hydrogens (tertiary/aromatic N) is 3. The minimum Gasteiger partial charge on any atom is -0.384 e. The van der Waals surface area contributed by atoms with Crippen LogP contribution >= 0.6 is 0 Å². The Morgan fingerprint density at radius 3 is 2.18 bits per heavy atom. The first kappa shape index (κ1) is 42.7. The highest BCUT2D eigenvalue weighted by Crippen LogP contribution is 2.37. The van der Waals surface area contributed by atoms with Gasteiger partial charge >= 0.3 is 0 Å². The summed E-state index contributed by atoms with van der Waals surface area (Å²) in [5.41, 5.74) is 11.2. The van der Waals surface area contributed by atoms with Crippen LogP contribution in [0.5, 0.6) is 0 Å². The van der Waals surface area contributed by atoms with Crippen LogP contribution in [0.1, 0.15) is 97.3 Å². The average molecular weight is 764 g/mol. The highest BCUT2D eigenvalue weighted by molar-refractivity contribution is 6.00. The minimum absolute atomic E-state index is 0.127. The predicted molar refractivity (Wildman–Crippen MR) is 215 cm³/mol. The molecule has 1 saturated carbocycles. The van der Waals surface area contributed by atoms with Crippen LogP contribution in [0, 0.1) is 18.3 Å². The summed E-state index contributed by atoms with van der Waals surface area (Å²) >= 11 is 0. The Morgan fingerprint density at radius 1 is 0.927 bits per heavy atom. The molecule has 2 aromatic rings. The molecular formula is C43H65N5O7. The Labute approximate surface area is 328 Å². The van der Waals surface area contributed by atoms with E-state index in [1.807, 2.05) is 23.7 Å². The summed E-state index contributed by atoms with van der Waals surface area (Å²) < 4.78 is 30.3. The Balaban J connectivity index is 0.847. The van der Waals surface area contributed by atoms with Crippen molar-refractivity contribution in [2.75, 3.05) is 97.6 Å². The molecule has 0 aliphatic heterocycles. The first-order valence-electron chi connectivity index (χ1n) is 20.5. The molecule has 1 amide bonds. The molecule has 0 spiro atoms. The quantitative estimate of drug-likeness (QED) is 0.103. The van der Waals surface area contributed by atoms with Crippen molar-refractivity contribution in [2.24, 2.45) is 17.1 Å². The van der Waals surface area contributed by atoms with E-state index in [1.54, 1.807) is 6.07 Å². The molecule has 1 fully saturated rings. The van der Waals surface area contributed by atoms with E-state index in [1.165, 1.54) is 37.8 Å². The molecule has 3 N–H and O–H groups in total. The second-order valence-corrected chi connectivity index (χ2v) is 15.9. The van der Waals surface area contributed by atoms with E-state index in [0.29, 0.717) is 89.2 Å². The van der Waals surface area contributed by atoms with Crippen LogP contribution in [0.25, 0.3) is 5.69 Å². The monoisotopic (exact) mass is 763 g/mol. The van der Waals surface area contributed by atoms with Crippen molar-refractivity contribution in [1.29, 1.82) is 0 Å². The largest absolute Gasteiger partial charge is 0.384 e. The molecule has 5 rings (SSSR count). The lowest BCUT2D eigenvalue weighted by molar-refractivity contribution is -0.0114. The molecule has 55 heavy (non-hydrogen) atoms. The average Bonchev–Trinajstić information content (AvgIpc) is 3.93. The van der Waals surface area contributed by atoms with Crippen LogP contribution in [-0.4, -0.2) is 119 Å². The number of nitrogens with two attached hydrogens (primary N) is 1. The highest BCUT2D eigenvalue weighted by atomic mass is 16.6. The molecule has 0 bridgehead atoms. The molecule has 1 aromatic carbocycles. The van der Waals surface area contributed by atoms with E-state index in [9.17, 15) is 9.59 Å². The Morgan fingerprint density at radius 2 is 1.56 bits per heavy atom. The highest BCUT2D eigenvalue weighted by Gasteiger charge is 2.36. The maximum absolute atomic E-state index is 12.9. The van der Waals surface area contributed by atoms with Crippen LogP contribution in [0.3, 0.4) is 0 Å². The summed E-state index contributed by atoms with van der Waals surface area (Å²) in [7, 11) is 0. The maximum atomic E-state index is 12.9. The van der Waals surface area contributed by atoms with Crippen molar-refractivity contribution in [3.63, 3.8) is 0 Å². The number of amides is 1. The van der Waals surface area contributed by atoms with Gasteiger partial charge in [0.15, 0.2) is 5.78 Å². The van der Waals surface area contributed by atoms with Gasteiger partial charge in [-0.15, -0.1) is 0 Å². The fourth-order valence-electron chi connectivity index (χ4n) is 7.82. The molecule has 12 nitrogen and oxygen atoms in total. The lowest BCUT2D eigenvalue weighted by atomic mass is 9.75. The minimum atomic E-state index is -0.512. The normalized spacial score (nSPS) is 16.7. The third-order valence-corrected chi connectivity index (χ3v) is 10.5. The predicted octanol–water partition coefficient (Wildman–Crippen LogP) is 6.09. The van der Waals surface area contributed by atoms with Crippen LogP contribution in [-0.2, 0) is 30.1 Å². The molecule has 3 aliphatic rings. The molecule has 3 aliphatic carbocycles. The zero-order valence-corrected chi connectivity index (χ0v) is 33.6. The van der Waals surface area contributed by atoms with Gasteiger partial charge in [0, 0.05) is 51.5 Å². The second-order valence-electron chi connectivity index (χ2n) is 15.9. The summed E-state index contributed by atoms with van der Waals surface area (Å²) in [4.78, 5) is 27.7. The summed E-state index contributed by atoms with van der Waals surface area (Å²) in [6, 6.07) is 5.41. The van der Waals surface area contributed by atoms with Gasteiger partial charge in [-0.3, -0.25) is 14.5 Å². The third kappa shape index (κ3) is 13.9. The Kier molecular flexibility index (Phi) is 17.4. The van der Waals surface area contributed by atoms with Crippen LogP contribution in [0.2, 0.25) is 0 Å². The molecule has 1 aromatic heterocycles. The van der Waals surface area contributed by atoms with Gasteiger partial charge < -0.3 is 34.7 Å². The van der Waals surface area contributed by atoms with Crippen molar-refractivity contribution in [1.82, 2.24) is 14.7 Å². The molecule has 0 unspecified atom stereocenters. The number of nitrogens with one attached hydrogen (secondary N) is 1. The second kappa shape index (κ2) is 22.4. The number of ketones is 1. The number of aromatic nitrogens is 2. The molecule has 0 atom stereocenters.